The lowest BCUT2D eigenvalue weighted by molar-refractivity contribution is -0.146. The average molecular weight is 334 g/mol. The van der Waals surface area contributed by atoms with Crippen molar-refractivity contribution < 1.29 is 19.5 Å². The van der Waals surface area contributed by atoms with Gasteiger partial charge in [-0.3, -0.25) is 14.4 Å². The van der Waals surface area contributed by atoms with Gasteiger partial charge in [0.2, 0.25) is 5.91 Å². The topological polar surface area (TPSA) is 109 Å². The molecule has 7 heteroatoms. The third-order valence-corrected chi connectivity index (χ3v) is 6.04. The number of hydrogen-bond acceptors (Lipinski definition) is 4. The maximum atomic E-state index is 12.7. The zero-order valence-electron chi connectivity index (χ0n) is 12.8. The molecular weight excluding hydrogens is 316 g/mol. The minimum atomic E-state index is -0.948. The van der Waals surface area contributed by atoms with Crippen LogP contribution in [0.3, 0.4) is 0 Å². The summed E-state index contributed by atoms with van der Waals surface area (Å²) >= 11 is 1.29. The zero-order chi connectivity index (χ0) is 16.9. The van der Waals surface area contributed by atoms with E-state index in [-0.39, 0.29) is 17.7 Å². The fraction of sp³-hybridized carbons (Fsp3) is 0.438. The highest BCUT2D eigenvalue weighted by molar-refractivity contribution is 7.16. The molecule has 0 unspecified atom stereocenters. The largest absolute Gasteiger partial charge is 0.481 e. The fourth-order valence-corrected chi connectivity index (χ4v) is 4.79. The van der Waals surface area contributed by atoms with Crippen LogP contribution >= 0.6 is 11.3 Å². The van der Waals surface area contributed by atoms with Gasteiger partial charge in [-0.1, -0.05) is 12.2 Å². The lowest BCUT2D eigenvalue weighted by Crippen LogP contribution is -2.36. The summed E-state index contributed by atoms with van der Waals surface area (Å²) in [6, 6.07) is 0. The van der Waals surface area contributed by atoms with Gasteiger partial charge in [-0.05, 0) is 37.7 Å². The predicted molar refractivity (Wildman–Crippen MR) is 86.3 cm³/mol. The SMILES string of the molecule is Cc1sc(NC(=O)[C@@H]2[C@@H](C(=O)O)[C@H]3C=C[C@@H]2C3)c(C(N)=O)c1C. The Morgan fingerprint density at radius 3 is 2.39 bits per heavy atom. The number of hydrogen-bond donors (Lipinski definition) is 3. The minimum Gasteiger partial charge on any atom is -0.481 e. The Bertz CT molecular complexity index is 737. The minimum absolute atomic E-state index is 0.0553. The number of rotatable bonds is 4. The van der Waals surface area contributed by atoms with Crippen molar-refractivity contribution in [2.24, 2.45) is 29.4 Å². The summed E-state index contributed by atoms with van der Waals surface area (Å²) in [5.41, 5.74) is 6.47. The molecule has 0 aliphatic heterocycles. The van der Waals surface area contributed by atoms with Crippen molar-refractivity contribution in [3.05, 3.63) is 28.2 Å². The maximum Gasteiger partial charge on any atom is 0.307 e. The Kier molecular flexibility index (Phi) is 3.75. The molecule has 4 N–H and O–H groups in total. The Hall–Kier alpha value is -2.15. The summed E-state index contributed by atoms with van der Waals surface area (Å²) in [6.45, 7) is 3.63. The maximum absolute atomic E-state index is 12.7. The van der Waals surface area contributed by atoms with Crippen LogP contribution in [0.5, 0.6) is 0 Å². The van der Waals surface area contributed by atoms with Gasteiger partial charge in [-0.2, -0.15) is 0 Å². The molecule has 1 fully saturated rings. The van der Waals surface area contributed by atoms with E-state index in [0.717, 1.165) is 10.4 Å². The van der Waals surface area contributed by atoms with E-state index in [2.05, 4.69) is 5.32 Å². The average Bonchev–Trinajstić information content (AvgIpc) is 3.12. The lowest BCUT2D eigenvalue weighted by atomic mass is 9.82. The lowest BCUT2D eigenvalue weighted by Gasteiger charge is -2.23. The number of fused-ring (bicyclic) bond motifs is 2. The van der Waals surface area contributed by atoms with E-state index in [0.29, 0.717) is 17.0 Å². The number of nitrogens with one attached hydrogen (secondary N) is 1. The molecule has 6 nitrogen and oxygen atoms in total. The number of aliphatic carboxylic acids is 1. The number of nitrogens with two attached hydrogens (primary N) is 1. The first-order valence-electron chi connectivity index (χ1n) is 7.43. The second-order valence-electron chi connectivity index (χ2n) is 6.18. The highest BCUT2D eigenvalue weighted by Gasteiger charge is 2.51. The highest BCUT2D eigenvalue weighted by Crippen LogP contribution is 2.48. The quantitative estimate of drug-likeness (QED) is 0.731. The van der Waals surface area contributed by atoms with Crippen molar-refractivity contribution in [2.75, 3.05) is 5.32 Å². The van der Waals surface area contributed by atoms with E-state index in [1.807, 2.05) is 19.1 Å². The molecule has 2 aliphatic carbocycles. The van der Waals surface area contributed by atoms with E-state index in [9.17, 15) is 19.5 Å². The van der Waals surface area contributed by atoms with E-state index in [1.165, 1.54) is 11.3 Å². The molecule has 0 spiro atoms. The summed E-state index contributed by atoms with van der Waals surface area (Å²) in [6.07, 6.45) is 4.51. The molecule has 1 heterocycles. The van der Waals surface area contributed by atoms with Gasteiger partial charge in [-0.25, -0.2) is 0 Å². The van der Waals surface area contributed by atoms with Crippen LogP contribution in [0, 0.1) is 37.5 Å². The van der Waals surface area contributed by atoms with Crippen LogP contribution in [0.4, 0.5) is 5.00 Å². The van der Waals surface area contributed by atoms with Gasteiger partial charge >= 0.3 is 5.97 Å². The number of carbonyl (C=O) groups excluding carboxylic acids is 2. The first-order chi connectivity index (χ1) is 10.8. The summed E-state index contributed by atoms with van der Waals surface area (Å²) < 4.78 is 0. The molecule has 3 rings (SSSR count). The molecule has 1 saturated carbocycles. The number of carbonyl (C=O) groups is 3. The predicted octanol–water partition coefficient (Wildman–Crippen LogP) is 1.93. The van der Waals surface area contributed by atoms with E-state index in [1.54, 1.807) is 6.92 Å². The Balaban J connectivity index is 1.88. The number of amides is 2. The Morgan fingerprint density at radius 2 is 1.83 bits per heavy atom. The van der Waals surface area contributed by atoms with Crippen molar-refractivity contribution in [3.8, 4) is 0 Å². The number of aryl methyl sites for hydroxylation is 1. The highest BCUT2D eigenvalue weighted by atomic mass is 32.1. The number of primary amides is 1. The van der Waals surface area contributed by atoms with Gasteiger partial charge in [-0.15, -0.1) is 11.3 Å². The Morgan fingerprint density at radius 1 is 1.22 bits per heavy atom. The van der Waals surface area contributed by atoms with Gasteiger partial charge in [0.25, 0.3) is 5.91 Å². The van der Waals surface area contributed by atoms with Gasteiger partial charge in [0, 0.05) is 4.88 Å². The molecule has 2 amide bonds. The van der Waals surface area contributed by atoms with Crippen LogP contribution in [0.1, 0.15) is 27.2 Å². The molecule has 1 aromatic rings. The summed E-state index contributed by atoms with van der Waals surface area (Å²) in [5.74, 6) is -3.34. The van der Waals surface area contributed by atoms with Crippen LogP contribution in [0.25, 0.3) is 0 Å². The number of anilines is 1. The molecule has 1 aromatic heterocycles. The van der Waals surface area contributed by atoms with E-state index >= 15 is 0 Å². The van der Waals surface area contributed by atoms with Crippen LogP contribution in [0.2, 0.25) is 0 Å². The first-order valence-corrected chi connectivity index (χ1v) is 8.24. The number of thiophene rings is 1. The van der Waals surface area contributed by atoms with Crippen LogP contribution < -0.4 is 11.1 Å². The molecule has 2 bridgehead atoms. The molecule has 0 radical (unpaired) electrons. The van der Waals surface area contributed by atoms with Crippen molar-refractivity contribution in [1.29, 1.82) is 0 Å². The van der Waals surface area contributed by atoms with Gasteiger partial charge in [0.15, 0.2) is 0 Å². The molecule has 23 heavy (non-hydrogen) atoms. The van der Waals surface area contributed by atoms with Crippen molar-refractivity contribution in [2.45, 2.75) is 20.3 Å². The number of carboxylic acid groups (broad SMARTS) is 1. The third-order valence-electron chi connectivity index (χ3n) is 4.92. The number of allylic oxidation sites excluding steroid dienone is 2. The van der Waals surface area contributed by atoms with Crippen molar-refractivity contribution in [3.63, 3.8) is 0 Å². The Labute approximate surface area is 137 Å². The molecule has 122 valence electrons. The van der Waals surface area contributed by atoms with Gasteiger partial charge in [0.05, 0.1) is 17.4 Å². The summed E-state index contributed by atoms with van der Waals surface area (Å²) in [7, 11) is 0. The van der Waals surface area contributed by atoms with E-state index in [4.69, 9.17) is 5.73 Å². The molecule has 2 aliphatic rings. The zero-order valence-corrected chi connectivity index (χ0v) is 13.6. The van der Waals surface area contributed by atoms with Crippen LogP contribution in [0.15, 0.2) is 12.2 Å². The summed E-state index contributed by atoms with van der Waals surface area (Å²) in [5, 5.41) is 12.6. The van der Waals surface area contributed by atoms with Crippen molar-refractivity contribution in [1.82, 2.24) is 0 Å². The van der Waals surface area contributed by atoms with Crippen molar-refractivity contribution >= 4 is 34.1 Å². The molecule has 0 saturated heterocycles. The summed E-state index contributed by atoms with van der Waals surface area (Å²) in [4.78, 5) is 36.7. The normalized spacial score (nSPS) is 28.1. The standard InChI is InChI=1S/C16H18N2O4S/c1-6-7(2)23-15(10(6)13(17)19)18-14(20)11-8-3-4-9(5-8)12(11)16(21)22/h3-4,8-9,11-12H,5H2,1-2H3,(H2,17,19)(H,18,20)(H,21,22)/t8-,9+,11+,12+/m1/s1. The molecule has 4 atom stereocenters. The fourth-order valence-electron chi connectivity index (χ4n) is 3.72. The monoisotopic (exact) mass is 334 g/mol. The van der Waals surface area contributed by atoms with Crippen LogP contribution in [-0.2, 0) is 9.59 Å². The molecular formula is C16H18N2O4S. The van der Waals surface area contributed by atoms with E-state index < -0.39 is 23.7 Å². The second kappa shape index (κ2) is 5.49. The first kappa shape index (κ1) is 15.7. The van der Waals surface area contributed by atoms with Gasteiger partial charge < -0.3 is 16.2 Å². The molecule has 0 aromatic carbocycles. The third kappa shape index (κ3) is 2.45. The number of carboxylic acids is 1. The van der Waals surface area contributed by atoms with Crippen LogP contribution in [-0.4, -0.2) is 22.9 Å². The second-order valence-corrected chi connectivity index (χ2v) is 7.40. The smallest absolute Gasteiger partial charge is 0.307 e. The van der Waals surface area contributed by atoms with Gasteiger partial charge in [0.1, 0.15) is 5.00 Å².